The van der Waals surface area contributed by atoms with E-state index in [2.05, 4.69) is 0 Å². The van der Waals surface area contributed by atoms with Gasteiger partial charge in [-0.1, -0.05) is 29.8 Å². The number of hydrogen-bond donors (Lipinski definition) is 1. The standard InChI is InChI=1S/C18H17ClN2O2/c19-13-7-5-12(6-8-13)17(22)15-3-1-2-4-16(15)18(23)21-10-9-14(20)11-21/h1-8,14H,9-11,20H2/t14-/m1/s1. The average molecular weight is 329 g/mol. The highest BCUT2D eigenvalue weighted by Crippen LogP contribution is 2.20. The normalized spacial score (nSPS) is 17.3. The molecule has 118 valence electrons. The molecule has 0 unspecified atom stereocenters. The SMILES string of the molecule is N[C@@H]1CCN(C(=O)c2ccccc2C(=O)c2ccc(Cl)cc2)C1. The predicted octanol–water partition coefficient (Wildman–Crippen LogP) is 2.74. The number of halogens is 1. The fraction of sp³-hybridized carbons (Fsp3) is 0.222. The zero-order valence-electron chi connectivity index (χ0n) is 12.5. The number of carbonyl (C=O) groups is 2. The minimum Gasteiger partial charge on any atom is -0.337 e. The first-order chi connectivity index (χ1) is 11.1. The van der Waals surface area contributed by atoms with Crippen molar-refractivity contribution >= 4 is 23.3 Å². The van der Waals surface area contributed by atoms with Crippen molar-refractivity contribution in [3.8, 4) is 0 Å². The van der Waals surface area contributed by atoms with Gasteiger partial charge >= 0.3 is 0 Å². The summed E-state index contributed by atoms with van der Waals surface area (Å²) >= 11 is 5.86. The summed E-state index contributed by atoms with van der Waals surface area (Å²) in [7, 11) is 0. The Morgan fingerprint density at radius 2 is 1.70 bits per heavy atom. The fourth-order valence-corrected chi connectivity index (χ4v) is 2.89. The van der Waals surface area contributed by atoms with Crippen molar-refractivity contribution in [3.05, 3.63) is 70.2 Å². The van der Waals surface area contributed by atoms with E-state index in [0.29, 0.717) is 34.8 Å². The molecule has 1 amide bonds. The van der Waals surface area contributed by atoms with Gasteiger partial charge in [-0.3, -0.25) is 9.59 Å². The van der Waals surface area contributed by atoms with Gasteiger partial charge in [0.25, 0.3) is 5.91 Å². The number of likely N-dealkylation sites (tertiary alicyclic amines) is 1. The van der Waals surface area contributed by atoms with Crippen LogP contribution < -0.4 is 5.73 Å². The highest BCUT2D eigenvalue weighted by molar-refractivity contribution is 6.30. The van der Waals surface area contributed by atoms with Gasteiger partial charge in [-0.15, -0.1) is 0 Å². The van der Waals surface area contributed by atoms with E-state index in [1.165, 1.54) is 0 Å². The van der Waals surface area contributed by atoms with E-state index < -0.39 is 0 Å². The van der Waals surface area contributed by atoms with Gasteiger partial charge in [-0.05, 0) is 36.8 Å². The number of rotatable bonds is 3. The second-order valence-electron chi connectivity index (χ2n) is 5.68. The molecule has 1 atom stereocenters. The van der Waals surface area contributed by atoms with E-state index in [1.54, 1.807) is 53.4 Å². The van der Waals surface area contributed by atoms with E-state index in [1.807, 2.05) is 0 Å². The van der Waals surface area contributed by atoms with Crippen LogP contribution in [0.3, 0.4) is 0 Å². The van der Waals surface area contributed by atoms with Crippen LogP contribution in [0.4, 0.5) is 0 Å². The molecule has 0 aromatic heterocycles. The van der Waals surface area contributed by atoms with E-state index in [9.17, 15) is 9.59 Å². The molecule has 0 radical (unpaired) electrons. The Morgan fingerprint density at radius 1 is 1.04 bits per heavy atom. The van der Waals surface area contributed by atoms with Gasteiger partial charge in [0.05, 0.1) is 5.56 Å². The van der Waals surface area contributed by atoms with Crippen LogP contribution in [0.25, 0.3) is 0 Å². The third-order valence-corrected chi connectivity index (χ3v) is 4.27. The number of amides is 1. The minimum absolute atomic E-state index is 0.0121. The van der Waals surface area contributed by atoms with Gasteiger partial charge in [0.2, 0.25) is 0 Å². The molecule has 3 rings (SSSR count). The molecule has 5 heteroatoms. The molecule has 23 heavy (non-hydrogen) atoms. The minimum atomic E-state index is -0.186. The molecule has 2 aromatic carbocycles. The molecule has 4 nitrogen and oxygen atoms in total. The van der Waals surface area contributed by atoms with Gasteiger partial charge in [0.15, 0.2) is 5.78 Å². The summed E-state index contributed by atoms with van der Waals surface area (Å²) in [6.45, 7) is 1.16. The van der Waals surface area contributed by atoms with E-state index in [-0.39, 0.29) is 17.7 Å². The van der Waals surface area contributed by atoms with Crippen LogP contribution in [-0.4, -0.2) is 35.7 Å². The second kappa shape index (κ2) is 6.52. The second-order valence-corrected chi connectivity index (χ2v) is 6.12. The van der Waals surface area contributed by atoms with E-state index in [4.69, 9.17) is 17.3 Å². The monoisotopic (exact) mass is 328 g/mol. The number of carbonyl (C=O) groups excluding carboxylic acids is 2. The van der Waals surface area contributed by atoms with Crippen molar-refractivity contribution in [1.82, 2.24) is 4.90 Å². The summed E-state index contributed by atoms with van der Waals surface area (Å²) in [5.74, 6) is -0.329. The highest BCUT2D eigenvalue weighted by Gasteiger charge is 2.27. The third-order valence-electron chi connectivity index (χ3n) is 4.02. The van der Waals surface area contributed by atoms with E-state index in [0.717, 1.165) is 6.42 Å². The first kappa shape index (κ1) is 15.7. The third kappa shape index (κ3) is 3.28. The van der Waals surface area contributed by atoms with Gasteiger partial charge in [0.1, 0.15) is 0 Å². The number of hydrogen-bond acceptors (Lipinski definition) is 3. The molecular weight excluding hydrogens is 312 g/mol. The van der Waals surface area contributed by atoms with Crippen molar-refractivity contribution in [2.24, 2.45) is 5.73 Å². The molecular formula is C18H17ClN2O2. The fourth-order valence-electron chi connectivity index (χ4n) is 2.77. The van der Waals surface area contributed by atoms with Crippen LogP contribution in [0.15, 0.2) is 48.5 Å². The van der Waals surface area contributed by atoms with Crippen LogP contribution in [0.1, 0.15) is 32.7 Å². The molecule has 0 spiro atoms. The van der Waals surface area contributed by atoms with Crippen LogP contribution in [0.5, 0.6) is 0 Å². The van der Waals surface area contributed by atoms with Gasteiger partial charge in [-0.2, -0.15) is 0 Å². The number of benzene rings is 2. The van der Waals surface area contributed by atoms with Gasteiger partial charge in [0, 0.05) is 35.3 Å². The van der Waals surface area contributed by atoms with Crippen LogP contribution in [-0.2, 0) is 0 Å². The number of nitrogens with two attached hydrogens (primary N) is 1. The number of nitrogens with zero attached hydrogens (tertiary/aromatic N) is 1. The summed E-state index contributed by atoms with van der Waals surface area (Å²) < 4.78 is 0. The van der Waals surface area contributed by atoms with Gasteiger partial charge in [-0.25, -0.2) is 0 Å². The molecule has 2 aromatic rings. The molecule has 0 saturated carbocycles. The van der Waals surface area contributed by atoms with Crippen LogP contribution in [0, 0.1) is 0 Å². The Morgan fingerprint density at radius 3 is 2.30 bits per heavy atom. The summed E-state index contributed by atoms with van der Waals surface area (Å²) in [6.07, 6.45) is 0.791. The molecule has 1 heterocycles. The maximum atomic E-state index is 12.7. The maximum Gasteiger partial charge on any atom is 0.254 e. The molecule has 1 aliphatic heterocycles. The summed E-state index contributed by atoms with van der Waals surface area (Å²) in [5.41, 5.74) is 7.20. The Hall–Kier alpha value is -2.17. The maximum absolute atomic E-state index is 12.7. The molecule has 1 saturated heterocycles. The summed E-state index contributed by atoms with van der Waals surface area (Å²) in [4.78, 5) is 27.1. The van der Waals surface area contributed by atoms with Crippen molar-refractivity contribution in [3.63, 3.8) is 0 Å². The largest absolute Gasteiger partial charge is 0.337 e. The van der Waals surface area contributed by atoms with E-state index >= 15 is 0 Å². The lowest BCUT2D eigenvalue weighted by Gasteiger charge is -2.17. The molecule has 0 bridgehead atoms. The Labute approximate surface area is 139 Å². The van der Waals surface area contributed by atoms with Crippen LogP contribution >= 0.6 is 11.6 Å². The predicted molar refractivity (Wildman–Crippen MR) is 89.8 cm³/mol. The number of ketones is 1. The smallest absolute Gasteiger partial charge is 0.254 e. The van der Waals surface area contributed by atoms with Crippen molar-refractivity contribution in [2.75, 3.05) is 13.1 Å². The quantitative estimate of drug-likeness (QED) is 0.881. The molecule has 1 fully saturated rings. The van der Waals surface area contributed by atoms with Gasteiger partial charge < -0.3 is 10.6 Å². The summed E-state index contributed by atoms with van der Waals surface area (Å²) in [6, 6.07) is 13.6. The highest BCUT2D eigenvalue weighted by atomic mass is 35.5. The molecule has 2 N–H and O–H groups in total. The molecule has 0 aliphatic carbocycles. The zero-order chi connectivity index (χ0) is 16.4. The van der Waals surface area contributed by atoms with Crippen LogP contribution in [0.2, 0.25) is 5.02 Å². The Balaban J connectivity index is 1.93. The van der Waals surface area contributed by atoms with Crippen molar-refractivity contribution in [2.45, 2.75) is 12.5 Å². The van der Waals surface area contributed by atoms with Crippen molar-refractivity contribution in [1.29, 1.82) is 0 Å². The van der Waals surface area contributed by atoms with Crippen molar-refractivity contribution < 1.29 is 9.59 Å². The lowest BCUT2D eigenvalue weighted by molar-refractivity contribution is 0.0786. The Kier molecular flexibility index (Phi) is 4.46. The topological polar surface area (TPSA) is 63.4 Å². The zero-order valence-corrected chi connectivity index (χ0v) is 13.3. The first-order valence-electron chi connectivity index (χ1n) is 7.50. The molecule has 1 aliphatic rings. The average Bonchev–Trinajstić information content (AvgIpc) is 3.01. The lowest BCUT2D eigenvalue weighted by atomic mass is 9.97. The first-order valence-corrected chi connectivity index (χ1v) is 7.88. The Bertz CT molecular complexity index is 743. The lowest BCUT2D eigenvalue weighted by Crippen LogP contribution is -2.32. The summed E-state index contributed by atoms with van der Waals surface area (Å²) in [5, 5.41) is 0.567.